The zero-order valence-corrected chi connectivity index (χ0v) is 20.7. The quantitative estimate of drug-likeness (QED) is 0.394. The van der Waals surface area contributed by atoms with Gasteiger partial charge in [0, 0.05) is 6.04 Å². The number of hydrogen-bond donors (Lipinski definition) is 1. The summed E-state index contributed by atoms with van der Waals surface area (Å²) in [4.78, 5) is 25.0. The number of ether oxygens (including phenoxy) is 1. The van der Waals surface area contributed by atoms with E-state index in [4.69, 9.17) is 4.74 Å². The van der Waals surface area contributed by atoms with E-state index in [9.17, 15) is 18.0 Å². The standard InChI is InChI=1S/C27H32N2O5S/c1-3-14-29(23-9-5-4-6-10-23)35(32,33)24-11-7-8-22(17-24)27(31)34-18-26(30)28-19(2)25-16-20-12-13-21(25)15-20/h3-11,17,19-21,25H,1,12-16,18H2,2H3,(H,28,30)/t19-,20-,21-,25-/m1/s1. The molecule has 186 valence electrons. The Labute approximate surface area is 207 Å². The molecule has 7 nitrogen and oxygen atoms in total. The van der Waals surface area contributed by atoms with Crippen LogP contribution in [0.4, 0.5) is 5.69 Å². The zero-order valence-electron chi connectivity index (χ0n) is 19.9. The minimum absolute atomic E-state index is 0.0406. The Morgan fingerprint density at radius 1 is 1.14 bits per heavy atom. The normalized spacial score (nSPS) is 21.8. The molecule has 4 rings (SSSR count). The number of esters is 1. The maximum atomic E-state index is 13.3. The molecule has 2 aromatic rings. The number of fused-ring (bicyclic) bond motifs is 2. The van der Waals surface area contributed by atoms with Gasteiger partial charge < -0.3 is 10.1 Å². The van der Waals surface area contributed by atoms with Crippen molar-refractivity contribution in [2.24, 2.45) is 17.8 Å². The van der Waals surface area contributed by atoms with E-state index in [2.05, 4.69) is 11.9 Å². The molecule has 2 aromatic carbocycles. The summed E-state index contributed by atoms with van der Waals surface area (Å²) in [6.45, 7) is 5.34. The van der Waals surface area contributed by atoms with Crippen molar-refractivity contribution in [3.63, 3.8) is 0 Å². The third kappa shape index (κ3) is 5.59. The van der Waals surface area contributed by atoms with Crippen molar-refractivity contribution in [1.82, 2.24) is 5.32 Å². The van der Waals surface area contributed by atoms with Gasteiger partial charge in [0.1, 0.15) is 0 Å². The fourth-order valence-electron chi connectivity index (χ4n) is 5.49. The van der Waals surface area contributed by atoms with Crippen molar-refractivity contribution in [2.45, 2.75) is 43.5 Å². The average molecular weight is 497 g/mol. The van der Waals surface area contributed by atoms with Crippen LogP contribution in [0.2, 0.25) is 0 Å². The van der Waals surface area contributed by atoms with E-state index >= 15 is 0 Å². The summed E-state index contributed by atoms with van der Waals surface area (Å²) in [5, 5.41) is 2.97. The number of anilines is 1. The molecule has 0 aromatic heterocycles. The van der Waals surface area contributed by atoms with Crippen LogP contribution in [0.25, 0.3) is 0 Å². The number of carbonyl (C=O) groups excluding carboxylic acids is 2. The van der Waals surface area contributed by atoms with Gasteiger partial charge in [0.05, 0.1) is 22.7 Å². The van der Waals surface area contributed by atoms with Crippen LogP contribution in [0, 0.1) is 17.8 Å². The first kappa shape index (κ1) is 25.0. The van der Waals surface area contributed by atoms with Gasteiger partial charge in [0.2, 0.25) is 0 Å². The van der Waals surface area contributed by atoms with Gasteiger partial charge >= 0.3 is 5.97 Å². The van der Waals surface area contributed by atoms with E-state index in [-0.39, 0.29) is 29.0 Å². The van der Waals surface area contributed by atoms with Crippen molar-refractivity contribution in [3.8, 4) is 0 Å². The fourth-order valence-corrected chi connectivity index (χ4v) is 6.97. The molecular formula is C27H32N2O5S. The minimum atomic E-state index is -3.96. The average Bonchev–Trinajstić information content (AvgIpc) is 3.50. The first-order valence-corrected chi connectivity index (χ1v) is 13.5. The number of hydrogen-bond acceptors (Lipinski definition) is 5. The third-order valence-corrected chi connectivity index (χ3v) is 8.94. The lowest BCUT2D eigenvalue weighted by Gasteiger charge is -2.28. The van der Waals surface area contributed by atoms with Crippen LogP contribution in [0.15, 0.2) is 72.1 Å². The predicted molar refractivity (Wildman–Crippen MR) is 134 cm³/mol. The highest BCUT2D eigenvalue weighted by Crippen LogP contribution is 2.49. The van der Waals surface area contributed by atoms with Crippen LogP contribution in [-0.2, 0) is 19.6 Å². The van der Waals surface area contributed by atoms with Crippen LogP contribution < -0.4 is 9.62 Å². The maximum Gasteiger partial charge on any atom is 0.338 e. The van der Waals surface area contributed by atoms with Gasteiger partial charge in [0.15, 0.2) is 6.61 Å². The van der Waals surface area contributed by atoms with E-state index in [1.165, 1.54) is 53.9 Å². The summed E-state index contributed by atoms with van der Waals surface area (Å²) in [7, 11) is -3.96. The van der Waals surface area contributed by atoms with E-state index < -0.39 is 22.6 Å². The molecule has 0 saturated heterocycles. The smallest absolute Gasteiger partial charge is 0.338 e. The molecule has 1 amide bonds. The van der Waals surface area contributed by atoms with Crippen LogP contribution in [0.5, 0.6) is 0 Å². The Bertz CT molecular complexity index is 1180. The zero-order chi connectivity index (χ0) is 25.0. The van der Waals surface area contributed by atoms with Crippen molar-refractivity contribution < 1.29 is 22.7 Å². The molecule has 0 unspecified atom stereocenters. The SMILES string of the molecule is C=CCN(c1ccccc1)S(=O)(=O)c1cccc(C(=O)OCC(=O)N[C@H](C)[C@H]2C[C@@H]3CC[C@@H]2C3)c1. The second-order valence-corrected chi connectivity index (χ2v) is 11.3. The highest BCUT2D eigenvalue weighted by Gasteiger charge is 2.42. The predicted octanol–water partition coefficient (Wildman–Crippen LogP) is 4.17. The van der Waals surface area contributed by atoms with Gasteiger partial charge in [-0.2, -0.15) is 0 Å². The van der Waals surface area contributed by atoms with Gasteiger partial charge in [-0.05, 0) is 74.3 Å². The number of nitrogens with zero attached hydrogens (tertiary/aromatic N) is 1. The maximum absolute atomic E-state index is 13.3. The van der Waals surface area contributed by atoms with E-state index in [1.807, 2.05) is 6.92 Å². The first-order chi connectivity index (χ1) is 16.8. The Hall–Kier alpha value is -3.13. The second-order valence-electron chi connectivity index (χ2n) is 9.46. The molecular weight excluding hydrogens is 464 g/mol. The monoisotopic (exact) mass is 496 g/mol. The largest absolute Gasteiger partial charge is 0.452 e. The molecule has 2 aliphatic carbocycles. The molecule has 2 fully saturated rings. The van der Waals surface area contributed by atoms with Gasteiger partial charge in [-0.1, -0.05) is 36.8 Å². The van der Waals surface area contributed by atoms with Crippen molar-refractivity contribution in [2.75, 3.05) is 17.5 Å². The third-order valence-electron chi connectivity index (χ3n) is 7.15. The molecule has 4 atom stereocenters. The molecule has 0 heterocycles. The summed E-state index contributed by atoms with van der Waals surface area (Å²) in [6, 6.07) is 14.4. The lowest BCUT2D eigenvalue weighted by atomic mass is 9.84. The summed E-state index contributed by atoms with van der Waals surface area (Å²) in [5.41, 5.74) is 0.549. The van der Waals surface area contributed by atoms with Gasteiger partial charge in [-0.25, -0.2) is 13.2 Å². The Balaban J connectivity index is 1.39. The van der Waals surface area contributed by atoms with Gasteiger partial charge in [-0.3, -0.25) is 9.10 Å². The van der Waals surface area contributed by atoms with Gasteiger partial charge in [0.25, 0.3) is 15.9 Å². The van der Waals surface area contributed by atoms with Gasteiger partial charge in [-0.15, -0.1) is 6.58 Å². The van der Waals surface area contributed by atoms with E-state index in [0.29, 0.717) is 17.5 Å². The summed E-state index contributed by atoms with van der Waals surface area (Å²) < 4.78 is 33.1. The molecule has 35 heavy (non-hydrogen) atoms. The number of nitrogens with one attached hydrogen (secondary N) is 1. The van der Waals surface area contributed by atoms with E-state index in [0.717, 1.165) is 12.3 Å². The summed E-state index contributed by atoms with van der Waals surface area (Å²) >= 11 is 0. The highest BCUT2D eigenvalue weighted by molar-refractivity contribution is 7.92. The first-order valence-electron chi connectivity index (χ1n) is 12.0. The number of amides is 1. The second kappa shape index (κ2) is 10.6. The molecule has 0 aliphatic heterocycles. The molecule has 2 bridgehead atoms. The summed E-state index contributed by atoms with van der Waals surface area (Å²) in [5.74, 6) is 0.853. The molecule has 8 heteroatoms. The lowest BCUT2D eigenvalue weighted by molar-refractivity contribution is -0.125. The number of rotatable bonds is 10. The molecule has 2 saturated carbocycles. The van der Waals surface area contributed by atoms with Crippen LogP contribution in [0.3, 0.4) is 0 Å². The number of sulfonamides is 1. The summed E-state index contributed by atoms with van der Waals surface area (Å²) in [6.07, 6.45) is 6.44. The fraction of sp³-hybridized carbons (Fsp3) is 0.407. The molecule has 0 radical (unpaired) electrons. The number of benzene rings is 2. The van der Waals surface area contributed by atoms with Crippen molar-refractivity contribution in [1.29, 1.82) is 0 Å². The van der Waals surface area contributed by atoms with Crippen LogP contribution >= 0.6 is 0 Å². The Morgan fingerprint density at radius 2 is 1.91 bits per heavy atom. The van der Waals surface area contributed by atoms with Crippen molar-refractivity contribution >= 4 is 27.6 Å². The van der Waals surface area contributed by atoms with Crippen LogP contribution in [-0.4, -0.2) is 39.5 Å². The van der Waals surface area contributed by atoms with Crippen molar-refractivity contribution in [3.05, 3.63) is 72.8 Å². The Kier molecular flexibility index (Phi) is 7.60. The highest BCUT2D eigenvalue weighted by atomic mass is 32.2. The topological polar surface area (TPSA) is 92.8 Å². The number of para-hydroxylation sites is 1. The molecule has 1 N–H and O–H groups in total. The van der Waals surface area contributed by atoms with E-state index in [1.54, 1.807) is 30.3 Å². The minimum Gasteiger partial charge on any atom is -0.452 e. The van der Waals surface area contributed by atoms with Crippen LogP contribution in [0.1, 0.15) is 43.0 Å². The number of carbonyl (C=O) groups is 2. The lowest BCUT2D eigenvalue weighted by Crippen LogP contribution is -2.42. The molecule has 2 aliphatic rings. The molecule has 0 spiro atoms. The Morgan fingerprint density at radius 3 is 2.57 bits per heavy atom.